The van der Waals surface area contributed by atoms with E-state index in [2.05, 4.69) is 5.32 Å². The van der Waals surface area contributed by atoms with Crippen molar-refractivity contribution in [3.8, 4) is 17.2 Å². The normalized spacial score (nSPS) is 16.0. The van der Waals surface area contributed by atoms with Crippen LogP contribution in [0.25, 0.3) is 0 Å². The number of nitrogens with zero attached hydrogens (tertiary/aromatic N) is 1. The lowest BCUT2D eigenvalue weighted by Gasteiger charge is -2.17. The molecule has 28 heavy (non-hydrogen) atoms. The number of carbonyl (C=O) groups excluding carboxylic acids is 2. The summed E-state index contributed by atoms with van der Waals surface area (Å²) in [6.45, 7) is 0.970. The van der Waals surface area contributed by atoms with Crippen LogP contribution >= 0.6 is 0 Å². The Kier molecular flexibility index (Phi) is 6.03. The van der Waals surface area contributed by atoms with Crippen LogP contribution in [-0.2, 0) is 4.79 Å². The summed E-state index contributed by atoms with van der Waals surface area (Å²) in [7, 11) is 4.67. The number of anilines is 1. The van der Waals surface area contributed by atoms with E-state index in [4.69, 9.17) is 14.2 Å². The van der Waals surface area contributed by atoms with Crippen molar-refractivity contribution >= 4 is 17.5 Å². The van der Waals surface area contributed by atoms with Crippen molar-refractivity contribution < 1.29 is 23.8 Å². The van der Waals surface area contributed by atoms with E-state index in [0.29, 0.717) is 36.6 Å². The molecule has 1 saturated heterocycles. The highest BCUT2D eigenvalue weighted by atomic mass is 16.5. The van der Waals surface area contributed by atoms with Crippen LogP contribution in [0.5, 0.6) is 17.2 Å². The van der Waals surface area contributed by atoms with E-state index in [-0.39, 0.29) is 17.7 Å². The van der Waals surface area contributed by atoms with Gasteiger partial charge in [0.25, 0.3) is 5.91 Å². The van der Waals surface area contributed by atoms with Crippen molar-refractivity contribution in [1.29, 1.82) is 0 Å². The lowest BCUT2D eigenvalue weighted by Crippen LogP contribution is -2.31. The Balaban J connectivity index is 1.60. The standard InChI is InChI=1S/C21H24N2O5/c1-26-16-6-4-15(5-7-16)23-13-14(10-20(23)24)12-22-21(25)18-9-8-17(27-2)11-19(18)28-3/h4-9,11,14H,10,12-13H2,1-3H3,(H,22,25). The fraction of sp³-hybridized carbons (Fsp3) is 0.333. The summed E-state index contributed by atoms with van der Waals surface area (Å²) >= 11 is 0. The molecule has 7 heteroatoms. The van der Waals surface area contributed by atoms with Gasteiger partial charge in [0.15, 0.2) is 0 Å². The van der Waals surface area contributed by atoms with E-state index >= 15 is 0 Å². The second kappa shape index (κ2) is 8.65. The molecule has 0 saturated carbocycles. The van der Waals surface area contributed by atoms with Gasteiger partial charge in [-0.15, -0.1) is 0 Å². The highest BCUT2D eigenvalue weighted by Crippen LogP contribution is 2.27. The molecular weight excluding hydrogens is 360 g/mol. The largest absolute Gasteiger partial charge is 0.497 e. The third kappa shape index (κ3) is 4.19. The lowest BCUT2D eigenvalue weighted by molar-refractivity contribution is -0.117. The molecule has 1 atom stereocenters. The number of methoxy groups -OCH3 is 3. The number of benzene rings is 2. The zero-order valence-electron chi connectivity index (χ0n) is 16.2. The Morgan fingerprint density at radius 2 is 1.71 bits per heavy atom. The van der Waals surface area contributed by atoms with Crippen LogP contribution < -0.4 is 24.4 Å². The minimum absolute atomic E-state index is 0.0443. The predicted octanol–water partition coefficient (Wildman–Crippen LogP) is 2.50. The van der Waals surface area contributed by atoms with Gasteiger partial charge in [0, 0.05) is 37.2 Å². The highest BCUT2D eigenvalue weighted by molar-refractivity contribution is 5.98. The molecule has 0 aliphatic carbocycles. The monoisotopic (exact) mass is 384 g/mol. The first kappa shape index (κ1) is 19.5. The maximum atomic E-state index is 12.5. The van der Waals surface area contributed by atoms with E-state index in [1.807, 2.05) is 24.3 Å². The van der Waals surface area contributed by atoms with Gasteiger partial charge >= 0.3 is 0 Å². The Labute approximate surface area is 164 Å². The first-order chi connectivity index (χ1) is 13.5. The van der Waals surface area contributed by atoms with E-state index in [9.17, 15) is 9.59 Å². The van der Waals surface area contributed by atoms with Crippen LogP contribution in [0.15, 0.2) is 42.5 Å². The SMILES string of the molecule is COc1ccc(N2CC(CNC(=O)c3ccc(OC)cc3OC)CC2=O)cc1. The second-order valence-corrected chi connectivity index (χ2v) is 6.55. The van der Waals surface area contributed by atoms with E-state index in [0.717, 1.165) is 11.4 Å². The molecule has 0 radical (unpaired) electrons. The van der Waals surface area contributed by atoms with Crippen molar-refractivity contribution in [2.75, 3.05) is 39.3 Å². The number of ether oxygens (including phenoxy) is 3. The van der Waals surface area contributed by atoms with Crippen LogP contribution in [0.3, 0.4) is 0 Å². The molecule has 1 fully saturated rings. The molecule has 1 unspecified atom stereocenters. The Morgan fingerprint density at radius 3 is 2.36 bits per heavy atom. The van der Waals surface area contributed by atoms with Gasteiger partial charge in [0.05, 0.1) is 26.9 Å². The highest BCUT2D eigenvalue weighted by Gasteiger charge is 2.31. The summed E-state index contributed by atoms with van der Waals surface area (Å²) in [4.78, 5) is 26.7. The third-order valence-corrected chi connectivity index (χ3v) is 4.79. The average Bonchev–Trinajstić information content (AvgIpc) is 3.12. The van der Waals surface area contributed by atoms with Gasteiger partial charge in [0.1, 0.15) is 17.2 Å². The van der Waals surface area contributed by atoms with Crippen molar-refractivity contribution in [3.63, 3.8) is 0 Å². The van der Waals surface area contributed by atoms with Gasteiger partial charge in [0.2, 0.25) is 5.91 Å². The fourth-order valence-electron chi connectivity index (χ4n) is 3.25. The van der Waals surface area contributed by atoms with E-state index in [1.165, 1.54) is 7.11 Å². The average molecular weight is 384 g/mol. The van der Waals surface area contributed by atoms with Gasteiger partial charge in [-0.05, 0) is 36.4 Å². The number of carbonyl (C=O) groups is 2. The van der Waals surface area contributed by atoms with Crippen LogP contribution in [0.1, 0.15) is 16.8 Å². The maximum absolute atomic E-state index is 12.5. The van der Waals surface area contributed by atoms with Crippen LogP contribution in [0.2, 0.25) is 0 Å². The summed E-state index contributed by atoms with van der Waals surface area (Å²) in [6.07, 6.45) is 0.395. The second-order valence-electron chi connectivity index (χ2n) is 6.55. The lowest BCUT2D eigenvalue weighted by atomic mass is 10.1. The van der Waals surface area contributed by atoms with Crippen molar-refractivity contribution in [3.05, 3.63) is 48.0 Å². The van der Waals surface area contributed by atoms with Crippen LogP contribution in [0, 0.1) is 5.92 Å². The molecule has 0 bridgehead atoms. The Morgan fingerprint density at radius 1 is 1.04 bits per heavy atom. The summed E-state index contributed by atoms with van der Waals surface area (Å²) in [6, 6.07) is 12.4. The van der Waals surface area contributed by atoms with Crippen molar-refractivity contribution in [2.24, 2.45) is 5.92 Å². The molecule has 1 N–H and O–H groups in total. The quantitative estimate of drug-likeness (QED) is 0.794. The van der Waals surface area contributed by atoms with Gasteiger partial charge < -0.3 is 24.4 Å². The molecule has 7 nitrogen and oxygen atoms in total. The zero-order valence-corrected chi connectivity index (χ0v) is 16.2. The summed E-state index contributed by atoms with van der Waals surface area (Å²) in [5.74, 6) is 1.65. The van der Waals surface area contributed by atoms with E-state index in [1.54, 1.807) is 37.3 Å². The maximum Gasteiger partial charge on any atom is 0.255 e. The number of rotatable bonds is 7. The number of hydrogen-bond donors (Lipinski definition) is 1. The van der Waals surface area contributed by atoms with E-state index < -0.39 is 0 Å². The molecule has 1 aliphatic heterocycles. The van der Waals surface area contributed by atoms with Gasteiger partial charge in [-0.3, -0.25) is 9.59 Å². The van der Waals surface area contributed by atoms with Gasteiger partial charge in [-0.25, -0.2) is 0 Å². The fourth-order valence-corrected chi connectivity index (χ4v) is 3.25. The van der Waals surface area contributed by atoms with Gasteiger partial charge in [-0.2, -0.15) is 0 Å². The van der Waals surface area contributed by atoms with Crippen LogP contribution in [-0.4, -0.2) is 46.2 Å². The molecule has 0 spiro atoms. The number of hydrogen-bond acceptors (Lipinski definition) is 5. The molecule has 148 valence electrons. The predicted molar refractivity (Wildman–Crippen MR) is 105 cm³/mol. The molecule has 2 amide bonds. The number of nitrogens with one attached hydrogen (secondary N) is 1. The smallest absolute Gasteiger partial charge is 0.255 e. The first-order valence-corrected chi connectivity index (χ1v) is 9.00. The summed E-state index contributed by atoms with van der Waals surface area (Å²) in [5.41, 5.74) is 1.26. The molecule has 1 aliphatic rings. The third-order valence-electron chi connectivity index (χ3n) is 4.79. The summed E-state index contributed by atoms with van der Waals surface area (Å²) < 4.78 is 15.6. The molecule has 0 aromatic heterocycles. The van der Waals surface area contributed by atoms with Gasteiger partial charge in [-0.1, -0.05) is 0 Å². The number of amides is 2. The minimum Gasteiger partial charge on any atom is -0.497 e. The Hall–Kier alpha value is -3.22. The minimum atomic E-state index is -0.241. The molecule has 2 aromatic rings. The zero-order chi connectivity index (χ0) is 20.1. The first-order valence-electron chi connectivity index (χ1n) is 9.00. The van der Waals surface area contributed by atoms with Crippen molar-refractivity contribution in [2.45, 2.75) is 6.42 Å². The Bertz CT molecular complexity index is 850. The molecule has 3 rings (SSSR count). The van der Waals surface area contributed by atoms with Crippen LogP contribution in [0.4, 0.5) is 5.69 Å². The molecule has 1 heterocycles. The van der Waals surface area contributed by atoms with Crippen molar-refractivity contribution in [1.82, 2.24) is 5.32 Å². The molecular formula is C21H24N2O5. The topological polar surface area (TPSA) is 77.1 Å². The summed E-state index contributed by atoms with van der Waals surface area (Å²) in [5, 5.41) is 2.91. The molecule has 2 aromatic carbocycles.